The summed E-state index contributed by atoms with van der Waals surface area (Å²) in [6, 6.07) is 11.0. The number of halogens is 1. The van der Waals surface area contributed by atoms with Crippen LogP contribution in [0.2, 0.25) is 0 Å². The predicted octanol–water partition coefficient (Wildman–Crippen LogP) is 4.25. The monoisotopic (exact) mass is 357 g/mol. The van der Waals surface area contributed by atoms with Crippen molar-refractivity contribution in [3.63, 3.8) is 0 Å². The average molecular weight is 357 g/mol. The van der Waals surface area contributed by atoms with E-state index >= 15 is 0 Å². The SMILES string of the molecule is CCCCCCCCCCc1ccc(-c2ccc(B(O)O)c(F)n2)cc1. The van der Waals surface area contributed by atoms with Crippen molar-refractivity contribution in [1.29, 1.82) is 0 Å². The fraction of sp³-hybridized carbons (Fsp3) is 0.476. The van der Waals surface area contributed by atoms with E-state index < -0.39 is 13.1 Å². The Morgan fingerprint density at radius 1 is 0.846 bits per heavy atom. The summed E-state index contributed by atoms with van der Waals surface area (Å²) >= 11 is 0. The van der Waals surface area contributed by atoms with E-state index in [-0.39, 0.29) is 5.46 Å². The van der Waals surface area contributed by atoms with Crippen LogP contribution in [0, 0.1) is 5.95 Å². The van der Waals surface area contributed by atoms with Crippen molar-refractivity contribution >= 4 is 12.6 Å². The average Bonchev–Trinajstić information content (AvgIpc) is 2.64. The number of hydrogen-bond acceptors (Lipinski definition) is 3. The van der Waals surface area contributed by atoms with Gasteiger partial charge in [-0.3, -0.25) is 0 Å². The van der Waals surface area contributed by atoms with Gasteiger partial charge in [0.1, 0.15) is 0 Å². The van der Waals surface area contributed by atoms with Gasteiger partial charge in [-0.05, 0) is 24.5 Å². The highest BCUT2D eigenvalue weighted by Gasteiger charge is 2.18. The lowest BCUT2D eigenvalue weighted by atomic mass is 9.81. The molecule has 0 atom stereocenters. The Morgan fingerprint density at radius 2 is 1.46 bits per heavy atom. The summed E-state index contributed by atoms with van der Waals surface area (Å²) in [5.74, 6) is -0.847. The molecular formula is C21H29BFNO2. The van der Waals surface area contributed by atoms with Gasteiger partial charge in [0.2, 0.25) is 5.95 Å². The Labute approximate surface area is 156 Å². The second-order valence-corrected chi connectivity index (χ2v) is 6.87. The van der Waals surface area contributed by atoms with Crippen LogP contribution in [0.4, 0.5) is 4.39 Å². The summed E-state index contributed by atoms with van der Waals surface area (Å²) in [5, 5.41) is 18.1. The second-order valence-electron chi connectivity index (χ2n) is 6.87. The van der Waals surface area contributed by atoms with Gasteiger partial charge in [-0.15, -0.1) is 0 Å². The van der Waals surface area contributed by atoms with Gasteiger partial charge < -0.3 is 10.0 Å². The molecule has 0 saturated carbocycles. The van der Waals surface area contributed by atoms with E-state index in [1.807, 2.05) is 12.1 Å². The largest absolute Gasteiger partial charge is 0.493 e. The van der Waals surface area contributed by atoms with E-state index in [2.05, 4.69) is 24.0 Å². The number of hydrogen-bond donors (Lipinski definition) is 2. The van der Waals surface area contributed by atoms with E-state index in [0.717, 1.165) is 12.0 Å². The maximum absolute atomic E-state index is 13.8. The van der Waals surface area contributed by atoms with Crippen LogP contribution in [0.15, 0.2) is 36.4 Å². The third kappa shape index (κ3) is 6.54. The zero-order chi connectivity index (χ0) is 18.8. The Bertz CT molecular complexity index is 662. The van der Waals surface area contributed by atoms with Crippen LogP contribution in [-0.4, -0.2) is 22.2 Å². The normalized spacial score (nSPS) is 10.9. The summed E-state index contributed by atoms with van der Waals surface area (Å²) in [6.07, 6.45) is 11.6. The fourth-order valence-corrected chi connectivity index (χ4v) is 3.10. The summed E-state index contributed by atoms with van der Waals surface area (Å²) in [5.41, 5.74) is 2.38. The molecule has 0 aliphatic rings. The summed E-state index contributed by atoms with van der Waals surface area (Å²) < 4.78 is 13.8. The first-order valence-electron chi connectivity index (χ1n) is 9.73. The van der Waals surface area contributed by atoms with Crippen molar-refractivity contribution < 1.29 is 14.4 Å². The molecule has 1 aromatic carbocycles. The lowest BCUT2D eigenvalue weighted by Gasteiger charge is -2.07. The highest BCUT2D eigenvalue weighted by molar-refractivity contribution is 6.58. The van der Waals surface area contributed by atoms with Crippen molar-refractivity contribution in [3.05, 3.63) is 47.9 Å². The molecule has 0 unspecified atom stereocenters. The minimum Gasteiger partial charge on any atom is -0.423 e. The zero-order valence-electron chi connectivity index (χ0n) is 15.6. The van der Waals surface area contributed by atoms with Crippen LogP contribution in [0.5, 0.6) is 0 Å². The van der Waals surface area contributed by atoms with Gasteiger partial charge in [-0.2, -0.15) is 4.39 Å². The predicted molar refractivity (Wildman–Crippen MR) is 106 cm³/mol. The molecule has 0 spiro atoms. The Kier molecular flexibility index (Phi) is 8.79. The molecule has 0 fully saturated rings. The molecule has 5 heteroatoms. The molecule has 0 amide bonds. The first-order chi connectivity index (χ1) is 12.6. The van der Waals surface area contributed by atoms with Gasteiger partial charge in [-0.25, -0.2) is 4.98 Å². The maximum atomic E-state index is 13.8. The van der Waals surface area contributed by atoms with Crippen molar-refractivity contribution in [1.82, 2.24) is 4.98 Å². The van der Waals surface area contributed by atoms with Crippen LogP contribution in [0.1, 0.15) is 63.9 Å². The summed E-state index contributed by atoms with van der Waals surface area (Å²) in [7, 11) is -1.84. The number of nitrogens with zero attached hydrogens (tertiary/aromatic N) is 1. The number of rotatable bonds is 11. The molecule has 0 aliphatic carbocycles. The molecule has 26 heavy (non-hydrogen) atoms. The second kappa shape index (κ2) is 11.1. The van der Waals surface area contributed by atoms with Crippen molar-refractivity contribution in [3.8, 4) is 11.3 Å². The van der Waals surface area contributed by atoms with E-state index in [0.29, 0.717) is 5.69 Å². The lowest BCUT2D eigenvalue weighted by Crippen LogP contribution is -2.33. The molecule has 140 valence electrons. The lowest BCUT2D eigenvalue weighted by molar-refractivity contribution is 0.422. The van der Waals surface area contributed by atoms with Gasteiger partial charge in [0.15, 0.2) is 0 Å². The number of pyridine rings is 1. The summed E-state index contributed by atoms with van der Waals surface area (Å²) in [6.45, 7) is 2.24. The maximum Gasteiger partial charge on any atom is 0.493 e. The van der Waals surface area contributed by atoms with Gasteiger partial charge in [0, 0.05) is 11.0 Å². The molecule has 2 N–H and O–H groups in total. The summed E-state index contributed by atoms with van der Waals surface area (Å²) in [4.78, 5) is 3.82. The van der Waals surface area contributed by atoms with Crippen LogP contribution in [0.25, 0.3) is 11.3 Å². The highest BCUT2D eigenvalue weighted by atomic mass is 19.1. The zero-order valence-corrected chi connectivity index (χ0v) is 15.6. The quantitative estimate of drug-likeness (QED) is 0.359. The van der Waals surface area contributed by atoms with Crippen molar-refractivity contribution in [2.75, 3.05) is 0 Å². The Morgan fingerprint density at radius 3 is 2.04 bits per heavy atom. The van der Waals surface area contributed by atoms with E-state index in [1.54, 1.807) is 6.07 Å². The number of aromatic nitrogens is 1. The van der Waals surface area contributed by atoms with E-state index in [4.69, 9.17) is 10.0 Å². The topological polar surface area (TPSA) is 53.4 Å². The molecule has 3 nitrogen and oxygen atoms in total. The third-order valence-electron chi connectivity index (χ3n) is 4.72. The van der Waals surface area contributed by atoms with Crippen LogP contribution in [0.3, 0.4) is 0 Å². The molecule has 1 aromatic heterocycles. The first-order valence-corrected chi connectivity index (χ1v) is 9.73. The van der Waals surface area contributed by atoms with Crippen molar-refractivity contribution in [2.24, 2.45) is 0 Å². The molecule has 2 rings (SSSR count). The van der Waals surface area contributed by atoms with Crippen LogP contribution >= 0.6 is 0 Å². The molecule has 0 bridgehead atoms. The number of aryl methyl sites for hydroxylation is 1. The molecular weight excluding hydrogens is 328 g/mol. The van der Waals surface area contributed by atoms with E-state index in [1.165, 1.54) is 63.0 Å². The number of benzene rings is 1. The van der Waals surface area contributed by atoms with Gasteiger partial charge in [0.05, 0.1) is 5.69 Å². The minimum atomic E-state index is -1.84. The van der Waals surface area contributed by atoms with Gasteiger partial charge in [0.25, 0.3) is 0 Å². The van der Waals surface area contributed by atoms with E-state index in [9.17, 15) is 4.39 Å². The first kappa shape index (κ1) is 20.6. The molecule has 2 aromatic rings. The fourth-order valence-electron chi connectivity index (χ4n) is 3.10. The van der Waals surface area contributed by atoms with Crippen LogP contribution in [-0.2, 0) is 6.42 Å². The van der Waals surface area contributed by atoms with Gasteiger partial charge in [-0.1, -0.05) is 82.2 Å². The minimum absolute atomic E-state index is 0.208. The highest BCUT2D eigenvalue weighted by Crippen LogP contribution is 2.19. The smallest absolute Gasteiger partial charge is 0.423 e. The van der Waals surface area contributed by atoms with Gasteiger partial charge >= 0.3 is 7.12 Å². The number of unbranched alkanes of at least 4 members (excludes halogenated alkanes) is 7. The van der Waals surface area contributed by atoms with Crippen molar-refractivity contribution in [2.45, 2.75) is 64.7 Å². The third-order valence-corrected chi connectivity index (χ3v) is 4.72. The standard InChI is InChI=1S/C21H29BFNO2/c1-2-3-4-5-6-7-8-9-10-17-11-13-18(14-12-17)20-16-15-19(22(25)26)21(23)24-20/h11-16,25-26H,2-10H2,1H3. The molecule has 0 aliphatic heterocycles. The van der Waals surface area contributed by atoms with Crippen LogP contribution < -0.4 is 5.46 Å². The molecule has 0 radical (unpaired) electrons. The molecule has 1 heterocycles. The Hall–Kier alpha value is -1.72. The molecule has 0 saturated heterocycles. The Balaban J connectivity index is 1.78.